The average Bonchev–Trinajstić information content (AvgIpc) is 2.97. The lowest BCUT2D eigenvalue weighted by Gasteiger charge is -2.16. The van der Waals surface area contributed by atoms with Crippen LogP contribution in [0.1, 0.15) is 32.3 Å². The van der Waals surface area contributed by atoms with E-state index in [0.29, 0.717) is 19.6 Å². The molecule has 0 bridgehead atoms. The van der Waals surface area contributed by atoms with E-state index in [-0.39, 0.29) is 12.4 Å². The van der Waals surface area contributed by atoms with Gasteiger partial charge in [0.15, 0.2) is 0 Å². The molecule has 1 amide bonds. The lowest BCUT2D eigenvalue weighted by Crippen LogP contribution is -2.31. The van der Waals surface area contributed by atoms with Crippen LogP contribution in [0.5, 0.6) is 0 Å². The van der Waals surface area contributed by atoms with Crippen molar-refractivity contribution in [3.8, 4) is 0 Å². The molecule has 1 aliphatic rings. The van der Waals surface area contributed by atoms with E-state index >= 15 is 0 Å². The van der Waals surface area contributed by atoms with Gasteiger partial charge in [0.2, 0.25) is 0 Å². The lowest BCUT2D eigenvalue weighted by atomic mass is 10.1. The predicted molar refractivity (Wildman–Crippen MR) is 84.0 cm³/mol. The van der Waals surface area contributed by atoms with Crippen LogP contribution in [0.3, 0.4) is 0 Å². The molecule has 0 saturated carbocycles. The molecule has 1 unspecified atom stereocenters. The number of carbonyl (C=O) groups is 3. The van der Waals surface area contributed by atoms with Gasteiger partial charge < -0.3 is 9.47 Å². The first-order valence-electron chi connectivity index (χ1n) is 7.79. The smallest absolute Gasteiger partial charge is 0.422 e. The van der Waals surface area contributed by atoms with E-state index in [0.717, 1.165) is 17.7 Å². The van der Waals surface area contributed by atoms with Gasteiger partial charge in [-0.25, -0.2) is 4.79 Å². The van der Waals surface area contributed by atoms with E-state index in [1.54, 1.807) is 13.8 Å². The Hall–Kier alpha value is -2.37. The number of esters is 2. The molecule has 0 radical (unpaired) electrons. The fraction of sp³-hybridized carbons (Fsp3) is 0.471. The minimum absolute atomic E-state index is 0.00120. The molecule has 6 nitrogen and oxygen atoms in total. The first-order chi connectivity index (χ1) is 11.0. The number of carbonyl (C=O) groups excluding carboxylic acids is 3. The van der Waals surface area contributed by atoms with Gasteiger partial charge in [-0.1, -0.05) is 25.1 Å². The number of hydrogen-bond donors (Lipinski definition) is 0. The second kappa shape index (κ2) is 7.76. The van der Waals surface area contributed by atoms with Gasteiger partial charge in [-0.3, -0.25) is 14.5 Å². The van der Waals surface area contributed by atoms with Crippen molar-refractivity contribution in [2.45, 2.75) is 33.1 Å². The normalized spacial score (nSPS) is 14.1. The van der Waals surface area contributed by atoms with Gasteiger partial charge in [-0.05, 0) is 31.4 Å². The molecule has 0 spiro atoms. The van der Waals surface area contributed by atoms with Crippen molar-refractivity contribution >= 4 is 23.7 Å². The number of ether oxygens (including phenoxy) is 2. The van der Waals surface area contributed by atoms with Gasteiger partial charge in [0.05, 0.1) is 18.2 Å². The lowest BCUT2D eigenvalue weighted by molar-refractivity contribution is -0.148. The van der Waals surface area contributed by atoms with Crippen molar-refractivity contribution in [1.29, 1.82) is 0 Å². The van der Waals surface area contributed by atoms with Crippen molar-refractivity contribution < 1.29 is 23.9 Å². The monoisotopic (exact) mass is 319 g/mol. The zero-order valence-corrected chi connectivity index (χ0v) is 13.4. The second-order valence-electron chi connectivity index (χ2n) is 5.46. The number of benzene rings is 1. The number of amides is 1. The SMILES string of the molecule is CCOC(=O)C(C)CCC(=O)OC(=O)N1CCc2ccccc21. The molecule has 23 heavy (non-hydrogen) atoms. The van der Waals surface area contributed by atoms with E-state index in [2.05, 4.69) is 0 Å². The first-order valence-corrected chi connectivity index (χ1v) is 7.79. The minimum atomic E-state index is -0.663. The van der Waals surface area contributed by atoms with Crippen LogP contribution in [0.4, 0.5) is 10.5 Å². The summed E-state index contributed by atoms with van der Waals surface area (Å²) in [7, 11) is 0. The Morgan fingerprint density at radius 2 is 2.00 bits per heavy atom. The summed E-state index contributed by atoms with van der Waals surface area (Å²) in [5.41, 5.74) is 1.85. The van der Waals surface area contributed by atoms with Crippen LogP contribution in [-0.4, -0.2) is 31.2 Å². The Morgan fingerprint density at radius 3 is 2.74 bits per heavy atom. The summed E-state index contributed by atoms with van der Waals surface area (Å²) in [6.07, 6.45) is 0.381. The fourth-order valence-corrected chi connectivity index (χ4v) is 2.47. The highest BCUT2D eigenvalue weighted by Crippen LogP contribution is 2.27. The molecule has 1 aliphatic heterocycles. The third-order valence-electron chi connectivity index (χ3n) is 3.78. The maximum atomic E-state index is 12.1. The van der Waals surface area contributed by atoms with Crippen LogP contribution in [0.15, 0.2) is 24.3 Å². The van der Waals surface area contributed by atoms with Gasteiger partial charge in [-0.15, -0.1) is 0 Å². The maximum Gasteiger partial charge on any atom is 0.422 e. The van der Waals surface area contributed by atoms with Crippen molar-refractivity contribution in [2.75, 3.05) is 18.1 Å². The molecule has 1 aromatic carbocycles. The Kier molecular flexibility index (Phi) is 5.73. The zero-order valence-electron chi connectivity index (χ0n) is 13.4. The van der Waals surface area contributed by atoms with Gasteiger partial charge in [0.25, 0.3) is 0 Å². The molecule has 0 aliphatic carbocycles. The number of hydrogen-bond acceptors (Lipinski definition) is 5. The van der Waals surface area contributed by atoms with Gasteiger partial charge >= 0.3 is 18.0 Å². The first kappa shape index (κ1) is 17.0. The second-order valence-corrected chi connectivity index (χ2v) is 5.46. The molecule has 1 atom stereocenters. The van der Waals surface area contributed by atoms with E-state index in [1.807, 2.05) is 24.3 Å². The summed E-state index contributed by atoms with van der Waals surface area (Å²) in [5.74, 6) is -1.37. The molecule has 0 N–H and O–H groups in total. The largest absolute Gasteiger partial charge is 0.466 e. The van der Waals surface area contributed by atoms with Crippen LogP contribution in [0.25, 0.3) is 0 Å². The average molecular weight is 319 g/mol. The molecule has 1 aromatic rings. The Labute approximate surface area is 135 Å². The van der Waals surface area contributed by atoms with E-state index in [4.69, 9.17) is 9.47 Å². The molecule has 6 heteroatoms. The van der Waals surface area contributed by atoms with Gasteiger partial charge in [-0.2, -0.15) is 0 Å². The van der Waals surface area contributed by atoms with Crippen molar-refractivity contribution in [3.05, 3.63) is 29.8 Å². The molecule has 2 rings (SSSR count). The summed E-state index contributed by atoms with van der Waals surface area (Å²) in [6, 6.07) is 7.53. The third-order valence-corrected chi connectivity index (χ3v) is 3.78. The van der Waals surface area contributed by atoms with Crippen LogP contribution in [0.2, 0.25) is 0 Å². The van der Waals surface area contributed by atoms with Crippen molar-refractivity contribution in [2.24, 2.45) is 5.92 Å². The maximum absolute atomic E-state index is 12.1. The van der Waals surface area contributed by atoms with Crippen LogP contribution in [0, 0.1) is 5.92 Å². The molecular formula is C17H21NO5. The Morgan fingerprint density at radius 1 is 1.26 bits per heavy atom. The molecule has 0 aromatic heterocycles. The molecule has 1 heterocycles. The highest BCUT2D eigenvalue weighted by atomic mass is 16.6. The number of rotatable bonds is 5. The zero-order chi connectivity index (χ0) is 16.8. The van der Waals surface area contributed by atoms with Crippen LogP contribution < -0.4 is 4.90 Å². The van der Waals surface area contributed by atoms with Gasteiger partial charge in [0.1, 0.15) is 0 Å². The molecule has 124 valence electrons. The number of para-hydroxylation sites is 1. The van der Waals surface area contributed by atoms with Crippen LogP contribution >= 0.6 is 0 Å². The molecule has 0 saturated heterocycles. The standard InChI is InChI=1S/C17H21NO5/c1-3-22-16(20)12(2)8-9-15(19)23-17(21)18-11-10-13-6-4-5-7-14(13)18/h4-7,12H,3,8-11H2,1-2H3. The number of fused-ring (bicyclic) bond motifs is 1. The quantitative estimate of drug-likeness (QED) is 0.616. The minimum Gasteiger partial charge on any atom is -0.466 e. The molecular weight excluding hydrogens is 298 g/mol. The summed E-state index contributed by atoms with van der Waals surface area (Å²) in [4.78, 5) is 36.8. The number of anilines is 1. The van der Waals surface area contributed by atoms with Gasteiger partial charge in [0, 0.05) is 13.0 Å². The summed E-state index contributed by atoms with van der Waals surface area (Å²) < 4.78 is 9.75. The highest BCUT2D eigenvalue weighted by molar-refractivity contribution is 5.96. The van der Waals surface area contributed by atoms with Crippen LogP contribution in [-0.2, 0) is 25.5 Å². The summed E-state index contributed by atoms with van der Waals surface area (Å²) in [6.45, 7) is 4.22. The van der Waals surface area contributed by atoms with Crippen molar-refractivity contribution in [3.63, 3.8) is 0 Å². The van der Waals surface area contributed by atoms with Crippen molar-refractivity contribution in [1.82, 2.24) is 0 Å². The van der Waals surface area contributed by atoms with E-state index < -0.39 is 18.0 Å². The fourth-order valence-electron chi connectivity index (χ4n) is 2.47. The topological polar surface area (TPSA) is 72.9 Å². The molecule has 0 fully saturated rings. The van der Waals surface area contributed by atoms with E-state index in [1.165, 1.54) is 4.90 Å². The number of nitrogens with zero attached hydrogens (tertiary/aromatic N) is 1. The predicted octanol–water partition coefficient (Wildman–Crippen LogP) is 2.69. The Balaban J connectivity index is 1.82. The third kappa shape index (κ3) is 4.31. The summed E-state index contributed by atoms with van der Waals surface area (Å²) >= 11 is 0. The van der Waals surface area contributed by atoms with E-state index in [9.17, 15) is 14.4 Å². The Bertz CT molecular complexity index is 598. The summed E-state index contributed by atoms with van der Waals surface area (Å²) in [5, 5.41) is 0. The highest BCUT2D eigenvalue weighted by Gasteiger charge is 2.27.